The third kappa shape index (κ3) is 3.97. The number of hydrogen-bond donors (Lipinski definition) is 1. The molecule has 2 unspecified atom stereocenters. The molecule has 0 aliphatic carbocycles. The van der Waals surface area contributed by atoms with Crippen LogP contribution in [0.25, 0.3) is 0 Å². The summed E-state index contributed by atoms with van der Waals surface area (Å²) in [7, 11) is 0. The first-order valence-electron chi connectivity index (χ1n) is 7.22. The van der Waals surface area contributed by atoms with Crippen LogP contribution in [0.15, 0.2) is 24.3 Å². The smallest absolute Gasteiger partial charge is 0.308 e. The van der Waals surface area contributed by atoms with E-state index in [1.807, 2.05) is 31.2 Å². The molecule has 1 aromatic carbocycles. The highest BCUT2D eigenvalue weighted by atomic mass is 16.5. The lowest BCUT2D eigenvalue weighted by molar-refractivity contribution is -0.147. The van der Waals surface area contributed by atoms with E-state index in [1.165, 1.54) is 0 Å². The fourth-order valence-electron chi connectivity index (χ4n) is 2.58. The molecule has 5 nitrogen and oxygen atoms in total. The van der Waals surface area contributed by atoms with Crippen molar-refractivity contribution < 1.29 is 19.4 Å². The summed E-state index contributed by atoms with van der Waals surface area (Å²) in [5, 5.41) is 9.07. The minimum atomic E-state index is -0.834. The lowest BCUT2D eigenvalue weighted by Crippen LogP contribution is -2.47. The van der Waals surface area contributed by atoms with E-state index in [0.717, 1.165) is 12.0 Å². The summed E-state index contributed by atoms with van der Waals surface area (Å²) in [4.78, 5) is 25.0. The predicted octanol–water partition coefficient (Wildman–Crippen LogP) is 2.09. The summed E-state index contributed by atoms with van der Waals surface area (Å²) in [6.07, 6.45) is 0.742. The Hall–Kier alpha value is -2.04. The maximum Gasteiger partial charge on any atom is 0.308 e. The number of amides is 1. The molecule has 0 radical (unpaired) electrons. The largest absolute Gasteiger partial charge is 0.481 e. The van der Waals surface area contributed by atoms with Crippen molar-refractivity contribution in [2.75, 3.05) is 13.1 Å². The van der Waals surface area contributed by atoms with E-state index in [1.54, 1.807) is 11.8 Å². The molecule has 1 amide bonds. The van der Waals surface area contributed by atoms with Crippen LogP contribution < -0.4 is 4.74 Å². The molecule has 21 heavy (non-hydrogen) atoms. The Bertz CT molecular complexity index is 529. The number of nitrogens with zero attached hydrogens (tertiary/aromatic N) is 1. The Morgan fingerprint density at radius 3 is 2.86 bits per heavy atom. The van der Waals surface area contributed by atoms with Crippen LogP contribution >= 0.6 is 0 Å². The highest BCUT2D eigenvalue weighted by Gasteiger charge is 2.30. The van der Waals surface area contributed by atoms with Crippen molar-refractivity contribution in [3.63, 3.8) is 0 Å². The number of benzene rings is 1. The van der Waals surface area contributed by atoms with Gasteiger partial charge in [0.05, 0.1) is 5.92 Å². The van der Waals surface area contributed by atoms with Gasteiger partial charge in [0.2, 0.25) is 0 Å². The van der Waals surface area contributed by atoms with Gasteiger partial charge in [-0.25, -0.2) is 0 Å². The van der Waals surface area contributed by atoms with E-state index in [4.69, 9.17) is 9.84 Å². The van der Waals surface area contributed by atoms with Crippen molar-refractivity contribution in [3.05, 3.63) is 29.8 Å². The van der Waals surface area contributed by atoms with Crippen molar-refractivity contribution in [2.45, 2.75) is 32.8 Å². The number of hydrogen-bond acceptors (Lipinski definition) is 3. The second kappa shape index (κ2) is 6.61. The summed E-state index contributed by atoms with van der Waals surface area (Å²) < 4.78 is 5.67. The van der Waals surface area contributed by atoms with Crippen LogP contribution in [0.5, 0.6) is 5.75 Å². The van der Waals surface area contributed by atoms with Gasteiger partial charge in [-0.15, -0.1) is 0 Å². The molecule has 2 atom stereocenters. The number of aryl methyl sites for hydroxylation is 1. The van der Waals surface area contributed by atoms with Crippen molar-refractivity contribution in [1.29, 1.82) is 0 Å². The van der Waals surface area contributed by atoms with E-state index < -0.39 is 18.0 Å². The van der Waals surface area contributed by atoms with E-state index in [-0.39, 0.29) is 12.5 Å². The third-order valence-corrected chi connectivity index (χ3v) is 3.73. The molecule has 1 fully saturated rings. The first-order valence-corrected chi connectivity index (χ1v) is 7.22. The van der Waals surface area contributed by atoms with Gasteiger partial charge in [-0.3, -0.25) is 9.59 Å². The highest BCUT2D eigenvalue weighted by Crippen LogP contribution is 2.19. The summed E-state index contributed by atoms with van der Waals surface area (Å²) >= 11 is 0. The Balaban J connectivity index is 1.97. The summed E-state index contributed by atoms with van der Waals surface area (Å²) in [6, 6.07) is 7.53. The Morgan fingerprint density at radius 2 is 2.19 bits per heavy atom. The quantitative estimate of drug-likeness (QED) is 0.922. The van der Waals surface area contributed by atoms with Gasteiger partial charge in [0.15, 0.2) is 6.10 Å². The van der Waals surface area contributed by atoms with Gasteiger partial charge < -0.3 is 14.7 Å². The van der Waals surface area contributed by atoms with Crippen LogP contribution in [0.1, 0.15) is 25.3 Å². The number of aliphatic carboxylic acids is 1. The minimum absolute atomic E-state index is 0.151. The molecule has 1 aliphatic heterocycles. The topological polar surface area (TPSA) is 66.8 Å². The van der Waals surface area contributed by atoms with E-state index in [0.29, 0.717) is 18.7 Å². The van der Waals surface area contributed by atoms with Crippen LogP contribution in [-0.2, 0) is 9.59 Å². The van der Waals surface area contributed by atoms with E-state index in [9.17, 15) is 9.59 Å². The highest BCUT2D eigenvalue weighted by molar-refractivity contribution is 5.82. The number of likely N-dealkylation sites (tertiary alicyclic amines) is 1. The van der Waals surface area contributed by atoms with Crippen LogP contribution in [0.4, 0.5) is 0 Å². The van der Waals surface area contributed by atoms with Gasteiger partial charge in [-0.1, -0.05) is 12.1 Å². The zero-order chi connectivity index (χ0) is 15.4. The Morgan fingerprint density at radius 1 is 1.43 bits per heavy atom. The minimum Gasteiger partial charge on any atom is -0.481 e. The van der Waals surface area contributed by atoms with Crippen LogP contribution in [0.2, 0.25) is 0 Å². The number of carbonyl (C=O) groups excluding carboxylic acids is 1. The maximum atomic E-state index is 12.4. The average Bonchev–Trinajstić information content (AvgIpc) is 2.46. The van der Waals surface area contributed by atoms with Crippen molar-refractivity contribution in [3.8, 4) is 5.75 Å². The normalized spacial score (nSPS) is 19.9. The molecule has 1 N–H and O–H groups in total. The number of carboxylic acid groups (broad SMARTS) is 1. The van der Waals surface area contributed by atoms with Gasteiger partial charge in [-0.2, -0.15) is 0 Å². The first kappa shape index (κ1) is 15.4. The summed E-state index contributed by atoms with van der Waals surface area (Å²) in [6.45, 7) is 4.54. The molecule has 0 saturated carbocycles. The maximum absolute atomic E-state index is 12.4. The van der Waals surface area contributed by atoms with E-state index >= 15 is 0 Å². The van der Waals surface area contributed by atoms with Gasteiger partial charge in [0.25, 0.3) is 5.91 Å². The zero-order valence-corrected chi connectivity index (χ0v) is 12.4. The fraction of sp³-hybridized carbons (Fsp3) is 0.500. The molecule has 1 heterocycles. The van der Waals surface area contributed by atoms with Crippen LogP contribution in [0.3, 0.4) is 0 Å². The average molecular weight is 291 g/mol. The standard InChI is InChI=1S/C16H21NO4/c1-11-5-3-7-14(9-11)21-12(2)15(18)17-8-4-6-13(10-17)16(19)20/h3,5,7,9,12-13H,4,6,8,10H2,1-2H3,(H,19,20). The van der Waals surface area contributed by atoms with Crippen LogP contribution in [-0.4, -0.2) is 41.1 Å². The van der Waals surface area contributed by atoms with Gasteiger partial charge >= 0.3 is 5.97 Å². The molecule has 5 heteroatoms. The number of ether oxygens (including phenoxy) is 1. The molecule has 114 valence electrons. The van der Waals surface area contributed by atoms with E-state index in [2.05, 4.69) is 0 Å². The molecular formula is C16H21NO4. The molecule has 1 saturated heterocycles. The SMILES string of the molecule is Cc1cccc(OC(C)C(=O)N2CCCC(C(=O)O)C2)c1. The molecule has 2 rings (SSSR count). The molecule has 0 aromatic heterocycles. The third-order valence-electron chi connectivity index (χ3n) is 3.73. The lowest BCUT2D eigenvalue weighted by Gasteiger charge is -2.32. The molecular weight excluding hydrogens is 270 g/mol. The Labute approximate surface area is 124 Å². The number of piperidine rings is 1. The number of carboxylic acids is 1. The fourth-order valence-corrected chi connectivity index (χ4v) is 2.58. The molecule has 1 aliphatic rings. The molecule has 1 aromatic rings. The predicted molar refractivity (Wildman–Crippen MR) is 78.2 cm³/mol. The van der Waals surface area contributed by atoms with Gasteiger partial charge in [0, 0.05) is 13.1 Å². The van der Waals surface area contributed by atoms with Crippen molar-refractivity contribution >= 4 is 11.9 Å². The number of rotatable bonds is 4. The molecule has 0 bridgehead atoms. The summed E-state index contributed by atoms with van der Waals surface area (Å²) in [5.74, 6) is -0.793. The Kier molecular flexibility index (Phi) is 4.83. The number of carbonyl (C=O) groups is 2. The van der Waals surface area contributed by atoms with Gasteiger partial charge in [-0.05, 0) is 44.4 Å². The zero-order valence-electron chi connectivity index (χ0n) is 12.4. The van der Waals surface area contributed by atoms with Crippen molar-refractivity contribution in [1.82, 2.24) is 4.90 Å². The first-order chi connectivity index (χ1) is 9.97. The second-order valence-electron chi connectivity index (χ2n) is 5.54. The van der Waals surface area contributed by atoms with Gasteiger partial charge in [0.1, 0.15) is 5.75 Å². The van der Waals surface area contributed by atoms with Crippen LogP contribution in [0, 0.1) is 12.8 Å². The molecule has 0 spiro atoms. The van der Waals surface area contributed by atoms with Crippen molar-refractivity contribution in [2.24, 2.45) is 5.92 Å². The summed E-state index contributed by atoms with van der Waals surface area (Å²) in [5.41, 5.74) is 1.07. The monoisotopic (exact) mass is 291 g/mol. The second-order valence-corrected chi connectivity index (χ2v) is 5.54. The lowest BCUT2D eigenvalue weighted by atomic mass is 9.98.